The molecule has 19 heteroatoms. The summed E-state index contributed by atoms with van der Waals surface area (Å²) in [6.07, 6.45) is -7.79. The molecule has 2 N–H and O–H groups in total. The molecular formula is C36H40F6N4O7S2. The number of aromatic nitrogens is 1. The second-order valence-electron chi connectivity index (χ2n) is 13.4. The van der Waals surface area contributed by atoms with E-state index < -0.39 is 67.9 Å². The summed E-state index contributed by atoms with van der Waals surface area (Å²) in [5.74, 6) is -3.44. The number of thiophene rings is 1. The van der Waals surface area contributed by atoms with E-state index in [1.54, 1.807) is 25.1 Å². The Labute approximate surface area is 317 Å². The monoisotopic (exact) mass is 818 g/mol. The lowest BCUT2D eigenvalue weighted by molar-refractivity contribution is -0.160. The van der Waals surface area contributed by atoms with E-state index in [0.717, 1.165) is 34.7 Å². The number of carboxylic acids is 1. The maximum absolute atomic E-state index is 14.9. The van der Waals surface area contributed by atoms with Crippen molar-refractivity contribution >= 4 is 39.1 Å². The van der Waals surface area contributed by atoms with Crippen LogP contribution in [0.15, 0.2) is 58.9 Å². The van der Waals surface area contributed by atoms with E-state index in [-0.39, 0.29) is 87.7 Å². The molecule has 2 amide bonds. The quantitative estimate of drug-likeness (QED) is 0.139. The van der Waals surface area contributed by atoms with Gasteiger partial charge in [0.25, 0.3) is 11.8 Å². The van der Waals surface area contributed by atoms with Crippen LogP contribution in [0.5, 0.6) is 5.75 Å². The van der Waals surface area contributed by atoms with Gasteiger partial charge in [0, 0.05) is 56.7 Å². The van der Waals surface area contributed by atoms with Crippen LogP contribution in [0.2, 0.25) is 0 Å². The van der Waals surface area contributed by atoms with Crippen LogP contribution in [-0.4, -0.2) is 83.9 Å². The van der Waals surface area contributed by atoms with Gasteiger partial charge < -0.3 is 19.6 Å². The number of alkyl halides is 6. The number of benzene rings is 1. The van der Waals surface area contributed by atoms with Gasteiger partial charge in [0.2, 0.25) is 15.6 Å². The SMILES string of the molecule is CCCC1N(C(=O)c2ncccc2C(F)(F)F)CCCC1(Oc1csc(C(F)(F)F)c1)C(=O)N1CCC(c2ccccc2S(=O)(=O)NCCCC(=O)O)CC1. The van der Waals surface area contributed by atoms with Gasteiger partial charge in [-0.15, -0.1) is 11.3 Å². The second-order valence-corrected chi connectivity index (χ2v) is 16.1. The van der Waals surface area contributed by atoms with E-state index in [1.165, 1.54) is 11.0 Å². The Morgan fingerprint density at radius 2 is 1.75 bits per heavy atom. The van der Waals surface area contributed by atoms with Gasteiger partial charge in [-0.2, -0.15) is 26.3 Å². The predicted octanol–water partition coefficient (Wildman–Crippen LogP) is 6.95. The van der Waals surface area contributed by atoms with Crippen LogP contribution in [0.1, 0.15) is 90.7 Å². The van der Waals surface area contributed by atoms with Crippen LogP contribution in [0.4, 0.5) is 26.3 Å². The van der Waals surface area contributed by atoms with Crippen molar-refractivity contribution in [3.05, 3.63) is 75.7 Å². The average Bonchev–Trinajstić information content (AvgIpc) is 3.62. The highest BCUT2D eigenvalue weighted by atomic mass is 32.2. The van der Waals surface area contributed by atoms with Crippen molar-refractivity contribution in [2.75, 3.05) is 26.2 Å². The smallest absolute Gasteiger partial charge is 0.425 e. The minimum atomic E-state index is -4.93. The highest BCUT2D eigenvalue weighted by molar-refractivity contribution is 7.89. The summed E-state index contributed by atoms with van der Waals surface area (Å²) < 4.78 is 118. The number of halogens is 6. The van der Waals surface area contributed by atoms with Crippen LogP contribution in [0.3, 0.4) is 0 Å². The molecule has 0 spiro atoms. The lowest BCUT2D eigenvalue weighted by Crippen LogP contribution is -2.68. The molecule has 2 aromatic heterocycles. The summed E-state index contributed by atoms with van der Waals surface area (Å²) >= 11 is 0.352. The summed E-state index contributed by atoms with van der Waals surface area (Å²) in [5, 5.41) is 9.99. The number of aliphatic carboxylic acids is 1. The van der Waals surface area contributed by atoms with Gasteiger partial charge in [-0.25, -0.2) is 13.1 Å². The molecule has 0 radical (unpaired) electrons. The maximum Gasteiger partial charge on any atom is 0.425 e. The number of carboxylic acid groups (broad SMARTS) is 1. The molecule has 1 aromatic carbocycles. The summed E-state index contributed by atoms with van der Waals surface area (Å²) in [6.45, 7) is 1.71. The van der Waals surface area contributed by atoms with Gasteiger partial charge in [0.15, 0.2) is 0 Å². The lowest BCUT2D eigenvalue weighted by Gasteiger charge is -2.50. The third-order valence-corrected chi connectivity index (χ3v) is 12.3. The molecule has 55 heavy (non-hydrogen) atoms. The fraction of sp³-hybridized carbons (Fsp3) is 0.500. The standard InChI is InChI=1S/C36H40F6N4O7S2/c1-2-8-28-34(53-24-21-29(54-22-24)36(40,41)42,15-7-18-46(28)32(49)31-26(35(37,38)39)10-5-16-43-31)33(50)45-19-13-23(14-20-45)25-9-3-4-11-27(25)55(51,52)44-17-6-12-30(47)48/h3-5,9-11,16,21-23,28,44H,2,6-8,12-15,17-20H2,1H3,(H,47,48). The number of sulfonamides is 1. The number of amides is 2. The normalized spacial score (nSPS) is 20.0. The van der Waals surface area contributed by atoms with E-state index in [0.29, 0.717) is 23.3 Å². The highest BCUT2D eigenvalue weighted by Gasteiger charge is 2.56. The maximum atomic E-state index is 14.9. The molecule has 0 aliphatic carbocycles. The summed E-state index contributed by atoms with van der Waals surface area (Å²) in [6, 6.07) is 7.63. The molecule has 2 unspecified atom stereocenters. The highest BCUT2D eigenvalue weighted by Crippen LogP contribution is 2.43. The first kappa shape index (κ1) is 41.9. The van der Waals surface area contributed by atoms with Gasteiger partial charge in [-0.05, 0) is 61.8 Å². The Bertz CT molecular complexity index is 1970. The Hall–Kier alpha value is -4.23. The zero-order valence-corrected chi connectivity index (χ0v) is 31.3. The molecule has 2 aliphatic heterocycles. The summed E-state index contributed by atoms with van der Waals surface area (Å²) in [5.41, 5.74) is -3.65. The number of hydrogen-bond acceptors (Lipinski definition) is 8. The molecule has 2 aliphatic rings. The molecule has 3 aromatic rings. The number of carbonyl (C=O) groups is 3. The number of pyridine rings is 1. The number of hydrogen-bond donors (Lipinski definition) is 2. The molecular weight excluding hydrogens is 779 g/mol. The predicted molar refractivity (Wildman–Crippen MR) is 188 cm³/mol. The molecule has 2 saturated heterocycles. The number of ether oxygens (including phenoxy) is 1. The first-order chi connectivity index (χ1) is 25.9. The zero-order chi connectivity index (χ0) is 40.2. The largest absolute Gasteiger partial charge is 0.481 e. The Morgan fingerprint density at radius 1 is 1.04 bits per heavy atom. The van der Waals surface area contributed by atoms with E-state index in [9.17, 15) is 49.1 Å². The van der Waals surface area contributed by atoms with E-state index >= 15 is 0 Å². The van der Waals surface area contributed by atoms with Gasteiger partial charge in [-0.3, -0.25) is 19.4 Å². The van der Waals surface area contributed by atoms with Crippen molar-refractivity contribution in [3.8, 4) is 5.75 Å². The van der Waals surface area contributed by atoms with Gasteiger partial charge >= 0.3 is 18.3 Å². The average molecular weight is 819 g/mol. The van der Waals surface area contributed by atoms with Crippen LogP contribution in [0.25, 0.3) is 0 Å². The first-order valence-electron chi connectivity index (χ1n) is 17.7. The topological polar surface area (TPSA) is 146 Å². The van der Waals surface area contributed by atoms with Crippen molar-refractivity contribution in [1.29, 1.82) is 0 Å². The lowest BCUT2D eigenvalue weighted by atomic mass is 9.79. The fourth-order valence-electron chi connectivity index (χ4n) is 7.32. The van der Waals surface area contributed by atoms with Crippen molar-refractivity contribution in [1.82, 2.24) is 19.5 Å². The van der Waals surface area contributed by atoms with Crippen LogP contribution >= 0.6 is 11.3 Å². The molecule has 0 saturated carbocycles. The molecule has 300 valence electrons. The van der Waals surface area contributed by atoms with E-state index in [4.69, 9.17) is 9.84 Å². The molecule has 4 heterocycles. The van der Waals surface area contributed by atoms with Gasteiger partial charge in [-0.1, -0.05) is 31.5 Å². The van der Waals surface area contributed by atoms with Crippen molar-refractivity contribution in [3.63, 3.8) is 0 Å². The third kappa shape index (κ3) is 9.43. The van der Waals surface area contributed by atoms with Crippen molar-refractivity contribution < 1.29 is 59.0 Å². The number of rotatable bonds is 13. The molecule has 2 atom stereocenters. The number of nitrogens with zero attached hydrogens (tertiary/aromatic N) is 3. The fourth-order valence-corrected chi connectivity index (χ4v) is 9.37. The van der Waals surface area contributed by atoms with Crippen LogP contribution < -0.4 is 9.46 Å². The number of piperidine rings is 2. The number of likely N-dealkylation sites (tertiary alicyclic amines) is 2. The summed E-state index contributed by atoms with van der Waals surface area (Å²) in [7, 11) is -4.04. The summed E-state index contributed by atoms with van der Waals surface area (Å²) in [4.78, 5) is 45.1. The van der Waals surface area contributed by atoms with Gasteiger partial charge in [0.1, 0.15) is 16.3 Å². The zero-order valence-electron chi connectivity index (χ0n) is 29.7. The number of nitrogens with one attached hydrogen (secondary N) is 1. The van der Waals surface area contributed by atoms with Crippen molar-refractivity contribution in [2.24, 2.45) is 0 Å². The van der Waals surface area contributed by atoms with Crippen LogP contribution in [-0.2, 0) is 32.0 Å². The van der Waals surface area contributed by atoms with Gasteiger partial charge in [0.05, 0.1) is 16.5 Å². The minimum absolute atomic E-state index is 0.00465. The van der Waals surface area contributed by atoms with E-state index in [2.05, 4.69) is 9.71 Å². The van der Waals surface area contributed by atoms with E-state index in [1.807, 2.05) is 0 Å². The Balaban J connectivity index is 1.46. The number of carbonyl (C=O) groups excluding carboxylic acids is 2. The first-order valence-corrected chi connectivity index (χ1v) is 20.0. The molecule has 11 nitrogen and oxygen atoms in total. The second kappa shape index (κ2) is 16.9. The van der Waals surface area contributed by atoms with Crippen LogP contribution in [0, 0.1) is 0 Å². The molecule has 0 bridgehead atoms. The molecule has 2 fully saturated rings. The third-order valence-electron chi connectivity index (χ3n) is 9.81. The molecule has 5 rings (SSSR count). The Kier molecular flexibility index (Phi) is 12.9. The Morgan fingerprint density at radius 3 is 2.38 bits per heavy atom. The minimum Gasteiger partial charge on any atom is -0.481 e. The van der Waals surface area contributed by atoms with Crippen molar-refractivity contribution in [2.45, 2.75) is 93.1 Å².